The molecule has 0 saturated carbocycles. The largest absolute Gasteiger partial charge is 0.320 e. The summed E-state index contributed by atoms with van der Waals surface area (Å²) in [6.45, 7) is 0. The third-order valence-corrected chi connectivity index (χ3v) is 3.40. The number of nitrogens with one attached hydrogen (secondary N) is 1. The van der Waals surface area contributed by atoms with Crippen LogP contribution in [0.25, 0.3) is 0 Å². The zero-order valence-corrected chi connectivity index (χ0v) is 12.6. The van der Waals surface area contributed by atoms with Crippen LogP contribution in [0, 0.1) is 15.9 Å². The van der Waals surface area contributed by atoms with Crippen LogP contribution in [0.4, 0.5) is 15.8 Å². The van der Waals surface area contributed by atoms with Crippen LogP contribution in [-0.4, -0.2) is 10.8 Å². The summed E-state index contributed by atoms with van der Waals surface area (Å²) in [4.78, 5) is 22.2. The van der Waals surface area contributed by atoms with Crippen LogP contribution in [0.1, 0.15) is 10.4 Å². The fourth-order valence-electron chi connectivity index (χ4n) is 1.63. The minimum atomic E-state index is -0.819. The molecule has 1 N–H and O–H groups in total. The van der Waals surface area contributed by atoms with Crippen molar-refractivity contribution in [3.63, 3.8) is 0 Å². The zero-order valence-electron chi connectivity index (χ0n) is 10.3. The molecule has 2 aromatic carbocycles. The molecule has 2 aromatic rings. The van der Waals surface area contributed by atoms with Gasteiger partial charge in [-0.1, -0.05) is 27.5 Å². The van der Waals surface area contributed by atoms with E-state index in [0.717, 1.165) is 12.1 Å². The quantitative estimate of drug-likeness (QED) is 0.640. The Balaban J connectivity index is 2.37. The number of anilines is 1. The van der Waals surface area contributed by atoms with Gasteiger partial charge in [0.1, 0.15) is 11.4 Å². The lowest BCUT2D eigenvalue weighted by molar-refractivity contribution is -0.385. The summed E-state index contributed by atoms with van der Waals surface area (Å²) >= 11 is 9.15. The number of carbonyl (C=O) groups excluding carboxylic acids is 1. The summed E-state index contributed by atoms with van der Waals surface area (Å²) in [5, 5.41) is 13.6. The predicted octanol–water partition coefficient (Wildman–Crippen LogP) is 4.40. The number of rotatable bonds is 3. The minimum Gasteiger partial charge on any atom is -0.320 e. The Hall–Kier alpha value is -1.99. The van der Waals surface area contributed by atoms with Gasteiger partial charge in [0.05, 0.1) is 21.7 Å². The lowest BCUT2D eigenvalue weighted by atomic mass is 10.1. The highest BCUT2D eigenvalue weighted by atomic mass is 79.9. The molecule has 108 valence electrons. The number of hydrogen-bond donors (Lipinski definition) is 1. The van der Waals surface area contributed by atoms with Crippen molar-refractivity contribution in [1.29, 1.82) is 0 Å². The second-order valence-corrected chi connectivity index (χ2v) is 5.32. The highest BCUT2D eigenvalue weighted by Gasteiger charge is 2.21. The molecule has 0 fully saturated rings. The van der Waals surface area contributed by atoms with Crippen LogP contribution in [0.2, 0.25) is 5.02 Å². The van der Waals surface area contributed by atoms with Gasteiger partial charge in [-0.2, -0.15) is 0 Å². The zero-order chi connectivity index (χ0) is 15.6. The molecule has 0 atom stereocenters. The van der Waals surface area contributed by atoms with Crippen LogP contribution < -0.4 is 5.32 Å². The van der Waals surface area contributed by atoms with Crippen molar-refractivity contribution in [2.75, 3.05) is 5.32 Å². The van der Waals surface area contributed by atoms with E-state index in [2.05, 4.69) is 21.2 Å². The maximum absolute atomic E-state index is 13.1. The third kappa shape index (κ3) is 3.56. The van der Waals surface area contributed by atoms with Crippen molar-refractivity contribution in [2.45, 2.75) is 0 Å². The first-order valence-corrected chi connectivity index (χ1v) is 6.76. The van der Waals surface area contributed by atoms with E-state index in [1.165, 1.54) is 0 Å². The highest BCUT2D eigenvalue weighted by Crippen LogP contribution is 2.27. The van der Waals surface area contributed by atoms with Crippen molar-refractivity contribution in [3.05, 3.63) is 67.4 Å². The Bertz CT molecular complexity index is 739. The van der Waals surface area contributed by atoms with Crippen LogP contribution in [0.3, 0.4) is 0 Å². The van der Waals surface area contributed by atoms with Gasteiger partial charge in [0, 0.05) is 4.47 Å². The lowest BCUT2D eigenvalue weighted by Crippen LogP contribution is -2.14. The normalized spacial score (nSPS) is 10.2. The Morgan fingerprint density at radius 2 is 2.00 bits per heavy atom. The molecule has 0 aliphatic carbocycles. The van der Waals surface area contributed by atoms with Gasteiger partial charge in [0.2, 0.25) is 0 Å². The average Bonchev–Trinajstić information content (AvgIpc) is 2.42. The van der Waals surface area contributed by atoms with E-state index in [1.807, 2.05) is 0 Å². The first-order chi connectivity index (χ1) is 9.88. The van der Waals surface area contributed by atoms with Gasteiger partial charge in [-0.05, 0) is 30.3 Å². The third-order valence-electron chi connectivity index (χ3n) is 2.58. The Labute approximate surface area is 132 Å². The van der Waals surface area contributed by atoms with Crippen LogP contribution in [-0.2, 0) is 0 Å². The number of nitro benzene ring substituents is 1. The molecule has 2 rings (SSSR count). The number of benzene rings is 2. The van der Waals surface area contributed by atoms with E-state index >= 15 is 0 Å². The molecule has 1 amide bonds. The predicted molar refractivity (Wildman–Crippen MR) is 80.2 cm³/mol. The molecule has 0 aromatic heterocycles. The minimum absolute atomic E-state index is 0.252. The monoisotopic (exact) mass is 372 g/mol. The summed E-state index contributed by atoms with van der Waals surface area (Å²) in [5.74, 6) is -1.54. The molecular formula is C13H7BrClFN2O3. The standard InChI is InChI=1S/C13H7BrClFN2O3/c14-7-1-4-10(15)11(5-7)17-13(19)9-3-2-8(16)6-12(9)18(20)21/h1-6H,(H,17,19). The van der Waals surface area contributed by atoms with Crippen LogP contribution in [0.15, 0.2) is 40.9 Å². The molecule has 0 aliphatic heterocycles. The summed E-state index contributed by atoms with van der Waals surface area (Å²) in [6, 6.07) is 7.50. The first-order valence-electron chi connectivity index (χ1n) is 5.59. The van der Waals surface area contributed by atoms with Crippen LogP contribution >= 0.6 is 27.5 Å². The molecule has 0 spiro atoms. The average molecular weight is 374 g/mol. The first kappa shape index (κ1) is 15.4. The van der Waals surface area contributed by atoms with Gasteiger partial charge in [-0.3, -0.25) is 14.9 Å². The number of carbonyl (C=O) groups is 1. The summed E-state index contributed by atoms with van der Waals surface area (Å²) in [7, 11) is 0. The maximum Gasteiger partial charge on any atom is 0.285 e. The summed E-state index contributed by atoms with van der Waals surface area (Å²) in [5.41, 5.74) is -0.578. The van der Waals surface area contributed by atoms with Crippen molar-refractivity contribution in [1.82, 2.24) is 0 Å². The molecule has 0 bridgehead atoms. The second-order valence-electron chi connectivity index (χ2n) is 4.00. The Kier molecular flexibility index (Phi) is 4.54. The fraction of sp³-hybridized carbons (Fsp3) is 0. The van der Waals surface area contributed by atoms with Gasteiger partial charge >= 0.3 is 0 Å². The SMILES string of the molecule is O=C(Nc1cc(Br)ccc1Cl)c1ccc(F)cc1[N+](=O)[O-]. The Morgan fingerprint density at radius 3 is 2.67 bits per heavy atom. The number of halogens is 3. The summed E-state index contributed by atoms with van der Waals surface area (Å²) in [6.07, 6.45) is 0. The van der Waals surface area contributed by atoms with Gasteiger partial charge in [0.25, 0.3) is 11.6 Å². The van der Waals surface area contributed by atoms with Crippen LogP contribution in [0.5, 0.6) is 0 Å². The Morgan fingerprint density at radius 1 is 1.29 bits per heavy atom. The van der Waals surface area contributed by atoms with E-state index < -0.39 is 22.3 Å². The van der Waals surface area contributed by atoms with Crippen molar-refractivity contribution in [3.8, 4) is 0 Å². The van der Waals surface area contributed by atoms with Crippen molar-refractivity contribution in [2.24, 2.45) is 0 Å². The molecular weight excluding hydrogens is 367 g/mol. The van der Waals surface area contributed by atoms with Crippen molar-refractivity contribution >= 4 is 44.8 Å². The summed E-state index contributed by atoms with van der Waals surface area (Å²) < 4.78 is 13.7. The fourth-order valence-corrected chi connectivity index (χ4v) is 2.16. The van der Waals surface area contributed by atoms with E-state index in [-0.39, 0.29) is 16.3 Å². The number of amides is 1. The smallest absolute Gasteiger partial charge is 0.285 e. The van der Waals surface area contributed by atoms with Gasteiger partial charge in [-0.25, -0.2) is 4.39 Å². The maximum atomic E-state index is 13.1. The van der Waals surface area contributed by atoms with E-state index in [9.17, 15) is 19.3 Å². The molecule has 5 nitrogen and oxygen atoms in total. The number of hydrogen-bond acceptors (Lipinski definition) is 3. The van der Waals surface area contributed by atoms with Gasteiger partial charge in [0.15, 0.2) is 0 Å². The molecule has 21 heavy (non-hydrogen) atoms. The topological polar surface area (TPSA) is 72.2 Å². The van der Waals surface area contributed by atoms with E-state index in [4.69, 9.17) is 11.6 Å². The van der Waals surface area contributed by atoms with E-state index in [0.29, 0.717) is 10.5 Å². The highest BCUT2D eigenvalue weighted by molar-refractivity contribution is 9.10. The second kappa shape index (κ2) is 6.19. The van der Waals surface area contributed by atoms with E-state index in [1.54, 1.807) is 18.2 Å². The molecule has 0 saturated heterocycles. The molecule has 8 heteroatoms. The lowest BCUT2D eigenvalue weighted by Gasteiger charge is -2.08. The van der Waals surface area contributed by atoms with Crippen molar-refractivity contribution < 1.29 is 14.1 Å². The number of nitrogens with zero attached hydrogens (tertiary/aromatic N) is 1. The van der Waals surface area contributed by atoms with Gasteiger partial charge in [-0.15, -0.1) is 0 Å². The molecule has 0 heterocycles. The van der Waals surface area contributed by atoms with Gasteiger partial charge < -0.3 is 5.32 Å². The molecule has 0 radical (unpaired) electrons. The molecule has 0 unspecified atom stereocenters. The number of nitro groups is 1. The molecule has 0 aliphatic rings.